The molecule has 0 radical (unpaired) electrons. The fraction of sp³-hybridized carbons (Fsp3) is 0.407. The van der Waals surface area contributed by atoms with Crippen LogP contribution in [-0.2, 0) is 9.59 Å². The lowest BCUT2D eigenvalue weighted by Crippen LogP contribution is -2.42. The van der Waals surface area contributed by atoms with Gasteiger partial charge in [0.2, 0.25) is 5.91 Å². The molecule has 7 heteroatoms. The molecule has 0 saturated carbocycles. The Morgan fingerprint density at radius 1 is 1.09 bits per heavy atom. The van der Waals surface area contributed by atoms with Crippen molar-refractivity contribution in [1.29, 1.82) is 0 Å². The molecular weight excluding hydrogens is 444 g/mol. The molecule has 178 valence electrons. The van der Waals surface area contributed by atoms with E-state index in [1.54, 1.807) is 4.90 Å². The molecule has 2 amide bonds. The Bertz CT molecular complexity index is 1140. The predicted molar refractivity (Wildman–Crippen MR) is 141 cm³/mol. The number of nitrogens with zero attached hydrogens (tertiary/aromatic N) is 3. The van der Waals surface area contributed by atoms with E-state index < -0.39 is 11.3 Å². The fourth-order valence-corrected chi connectivity index (χ4v) is 5.12. The van der Waals surface area contributed by atoms with Gasteiger partial charge in [0.05, 0.1) is 10.9 Å². The van der Waals surface area contributed by atoms with Crippen LogP contribution < -0.4 is 5.32 Å². The van der Waals surface area contributed by atoms with E-state index in [0.717, 1.165) is 16.9 Å². The summed E-state index contributed by atoms with van der Waals surface area (Å²) in [4.78, 5) is 37.7. The second kappa shape index (κ2) is 10.1. The molecule has 0 fully saturated rings. The van der Waals surface area contributed by atoms with Crippen molar-refractivity contribution in [3.63, 3.8) is 0 Å². The Kier molecular flexibility index (Phi) is 7.22. The summed E-state index contributed by atoms with van der Waals surface area (Å²) < 4.78 is 0. The first-order valence-electron chi connectivity index (χ1n) is 12.0. The number of carbonyl (C=O) groups is 2. The third-order valence-electron chi connectivity index (χ3n) is 6.00. The molecule has 34 heavy (non-hydrogen) atoms. The molecule has 6 nitrogen and oxygen atoms in total. The van der Waals surface area contributed by atoms with E-state index in [1.807, 2.05) is 55.5 Å². The summed E-state index contributed by atoms with van der Waals surface area (Å²) in [6, 6.07) is 15.3. The van der Waals surface area contributed by atoms with Gasteiger partial charge in [-0.3, -0.25) is 14.6 Å². The molecule has 2 aliphatic rings. The Labute approximate surface area is 205 Å². The molecule has 4 rings (SSSR count). The standard InChI is InChI=1S/C27H32N4O2S/c1-6-23(25(32)28-19-13-11-18(12-14-19)17(4)5)34-27-30-21-10-8-7-9-20(21)24-29-22(15-16(2)3)26(33)31(24)27/h7-14,16-17,22-23H,6,15H2,1-5H3,(H,28,32)/t22-,23+/m1/s1. The lowest BCUT2D eigenvalue weighted by Gasteiger charge is -2.27. The number of para-hydroxylation sites is 1. The monoisotopic (exact) mass is 476 g/mol. The molecule has 2 heterocycles. The van der Waals surface area contributed by atoms with Crippen LogP contribution in [0.1, 0.15) is 64.5 Å². The zero-order chi connectivity index (χ0) is 24.4. The minimum Gasteiger partial charge on any atom is -0.325 e. The number of hydrogen-bond acceptors (Lipinski definition) is 5. The summed E-state index contributed by atoms with van der Waals surface area (Å²) in [5.74, 6) is 1.26. The van der Waals surface area contributed by atoms with Crippen LogP contribution in [-0.4, -0.2) is 39.0 Å². The Balaban J connectivity index is 1.57. The largest absolute Gasteiger partial charge is 0.325 e. The number of aliphatic imine (C=N–C) groups is 2. The first-order chi connectivity index (χ1) is 16.3. The van der Waals surface area contributed by atoms with Gasteiger partial charge >= 0.3 is 0 Å². The normalized spacial score (nSPS) is 17.9. The summed E-state index contributed by atoms with van der Waals surface area (Å²) in [5.41, 5.74) is 3.62. The van der Waals surface area contributed by atoms with Crippen molar-refractivity contribution in [1.82, 2.24) is 4.90 Å². The van der Waals surface area contributed by atoms with Gasteiger partial charge in [-0.25, -0.2) is 9.89 Å². The number of amidine groups is 2. The molecular formula is C27H32N4O2S. The third kappa shape index (κ3) is 4.94. The first kappa shape index (κ1) is 24.2. The van der Waals surface area contributed by atoms with Crippen molar-refractivity contribution in [2.45, 2.75) is 64.7 Å². The minimum absolute atomic E-state index is 0.0658. The lowest BCUT2D eigenvalue weighted by molar-refractivity contribution is -0.125. The average molecular weight is 477 g/mol. The molecule has 2 atom stereocenters. The zero-order valence-corrected chi connectivity index (χ0v) is 21.2. The number of hydrogen-bond donors (Lipinski definition) is 1. The van der Waals surface area contributed by atoms with Gasteiger partial charge in [-0.2, -0.15) is 0 Å². The quantitative estimate of drug-likeness (QED) is 0.535. The van der Waals surface area contributed by atoms with Gasteiger partial charge in [0.25, 0.3) is 5.91 Å². The SMILES string of the molecule is CC[C@H](SC1=Nc2ccccc2C2=N[C@H](CC(C)C)C(=O)N12)C(=O)Nc1ccc(C(C)C)cc1. The fourth-order valence-electron chi connectivity index (χ4n) is 4.10. The van der Waals surface area contributed by atoms with Crippen molar-refractivity contribution >= 4 is 46.0 Å². The maximum absolute atomic E-state index is 13.3. The molecule has 2 aliphatic heterocycles. The van der Waals surface area contributed by atoms with Gasteiger partial charge in [0.15, 0.2) is 5.17 Å². The number of anilines is 1. The second-order valence-electron chi connectivity index (χ2n) is 9.46. The minimum atomic E-state index is -0.416. The van der Waals surface area contributed by atoms with Crippen LogP contribution in [0.4, 0.5) is 11.4 Å². The maximum Gasteiger partial charge on any atom is 0.259 e. The number of carbonyl (C=O) groups excluding carboxylic acids is 2. The van der Waals surface area contributed by atoms with Gasteiger partial charge in [0.1, 0.15) is 11.9 Å². The zero-order valence-electron chi connectivity index (χ0n) is 20.4. The molecule has 0 spiro atoms. The van der Waals surface area contributed by atoms with Crippen LogP contribution in [0.3, 0.4) is 0 Å². The summed E-state index contributed by atoms with van der Waals surface area (Å²) in [5, 5.41) is 3.15. The van der Waals surface area contributed by atoms with E-state index in [0.29, 0.717) is 35.7 Å². The predicted octanol–water partition coefficient (Wildman–Crippen LogP) is 5.97. The molecule has 1 N–H and O–H groups in total. The molecule has 0 aliphatic carbocycles. The van der Waals surface area contributed by atoms with E-state index in [2.05, 4.69) is 33.0 Å². The van der Waals surface area contributed by atoms with Gasteiger partial charge in [-0.05, 0) is 54.5 Å². The Morgan fingerprint density at radius 3 is 2.44 bits per heavy atom. The van der Waals surface area contributed by atoms with Gasteiger partial charge < -0.3 is 5.32 Å². The molecule has 0 bridgehead atoms. The maximum atomic E-state index is 13.3. The van der Waals surface area contributed by atoms with Gasteiger partial charge in [-0.1, -0.05) is 70.6 Å². The summed E-state index contributed by atoms with van der Waals surface area (Å²) >= 11 is 1.33. The lowest BCUT2D eigenvalue weighted by atomic mass is 10.0. The van der Waals surface area contributed by atoms with Crippen molar-refractivity contribution in [2.24, 2.45) is 15.9 Å². The van der Waals surface area contributed by atoms with E-state index in [9.17, 15) is 9.59 Å². The van der Waals surface area contributed by atoms with Crippen LogP contribution in [0.2, 0.25) is 0 Å². The highest BCUT2D eigenvalue weighted by atomic mass is 32.2. The summed E-state index contributed by atoms with van der Waals surface area (Å²) in [6.07, 6.45) is 1.29. The number of rotatable bonds is 7. The van der Waals surface area contributed by atoms with Crippen molar-refractivity contribution in [3.05, 3.63) is 59.7 Å². The Morgan fingerprint density at radius 2 is 1.79 bits per heavy atom. The highest BCUT2D eigenvalue weighted by Crippen LogP contribution is 2.36. The second-order valence-corrected chi connectivity index (χ2v) is 10.6. The number of nitrogens with one attached hydrogen (secondary N) is 1. The average Bonchev–Trinajstić information content (AvgIpc) is 3.13. The number of benzene rings is 2. The Hall–Kier alpha value is -2.93. The number of amides is 2. The topological polar surface area (TPSA) is 74.1 Å². The summed E-state index contributed by atoms with van der Waals surface area (Å²) in [6.45, 7) is 10.4. The molecule has 2 aromatic rings. The molecule has 0 aromatic heterocycles. The number of fused-ring (bicyclic) bond motifs is 3. The van der Waals surface area contributed by atoms with E-state index in [4.69, 9.17) is 9.98 Å². The van der Waals surface area contributed by atoms with Crippen molar-refractivity contribution < 1.29 is 9.59 Å². The molecule has 0 saturated heterocycles. The van der Waals surface area contributed by atoms with Crippen LogP contribution >= 0.6 is 11.8 Å². The van der Waals surface area contributed by atoms with Crippen molar-refractivity contribution in [3.8, 4) is 0 Å². The highest BCUT2D eigenvalue weighted by Gasteiger charge is 2.42. The van der Waals surface area contributed by atoms with Crippen LogP contribution in [0, 0.1) is 5.92 Å². The van der Waals surface area contributed by atoms with Crippen LogP contribution in [0.5, 0.6) is 0 Å². The highest BCUT2D eigenvalue weighted by molar-refractivity contribution is 8.15. The molecule has 2 aromatic carbocycles. The smallest absolute Gasteiger partial charge is 0.259 e. The van der Waals surface area contributed by atoms with Crippen LogP contribution in [0.15, 0.2) is 58.5 Å². The van der Waals surface area contributed by atoms with Gasteiger partial charge in [-0.15, -0.1) is 0 Å². The van der Waals surface area contributed by atoms with Crippen LogP contribution in [0.25, 0.3) is 0 Å². The number of thioether (sulfide) groups is 1. The molecule has 0 unspecified atom stereocenters. The van der Waals surface area contributed by atoms with Gasteiger partial charge in [0, 0.05) is 11.3 Å². The summed E-state index contributed by atoms with van der Waals surface area (Å²) in [7, 11) is 0. The van der Waals surface area contributed by atoms with Crippen molar-refractivity contribution in [2.75, 3.05) is 5.32 Å². The third-order valence-corrected chi connectivity index (χ3v) is 7.31. The van der Waals surface area contributed by atoms with E-state index in [1.165, 1.54) is 17.3 Å². The first-order valence-corrected chi connectivity index (χ1v) is 12.8. The van der Waals surface area contributed by atoms with E-state index >= 15 is 0 Å². The van der Waals surface area contributed by atoms with E-state index in [-0.39, 0.29) is 11.8 Å².